The number of carbonyl (C=O) groups is 2. The molecule has 2 aromatic carbocycles. The highest BCUT2D eigenvalue weighted by Crippen LogP contribution is 2.42. The SMILES string of the molecule is Cc1c(CCC(=O)O)oc2cc(Cl)c(Oc3ccncc3C(=O)N3CCN(C4CC4)c4ccccc43)cc12. The Hall–Kier alpha value is -4.04. The van der Waals surface area contributed by atoms with Crippen molar-refractivity contribution in [2.45, 2.75) is 38.6 Å². The minimum atomic E-state index is -0.890. The summed E-state index contributed by atoms with van der Waals surface area (Å²) in [7, 11) is 0. The molecule has 194 valence electrons. The largest absolute Gasteiger partial charge is 0.481 e. The first kappa shape index (κ1) is 24.3. The highest BCUT2D eigenvalue weighted by Gasteiger charge is 2.36. The highest BCUT2D eigenvalue weighted by atomic mass is 35.5. The first-order valence-corrected chi connectivity index (χ1v) is 13.0. The van der Waals surface area contributed by atoms with Gasteiger partial charge in [-0.15, -0.1) is 0 Å². The molecular weight excluding hydrogens is 506 g/mol. The van der Waals surface area contributed by atoms with E-state index in [9.17, 15) is 9.59 Å². The van der Waals surface area contributed by atoms with E-state index in [2.05, 4.69) is 16.0 Å². The third-order valence-electron chi connectivity index (χ3n) is 7.17. The van der Waals surface area contributed by atoms with Crippen LogP contribution in [0.3, 0.4) is 0 Å². The van der Waals surface area contributed by atoms with Gasteiger partial charge in [0.15, 0.2) is 0 Å². The number of hydrogen-bond donors (Lipinski definition) is 1. The minimum absolute atomic E-state index is 0.0295. The van der Waals surface area contributed by atoms with Crippen LogP contribution in [-0.2, 0) is 11.2 Å². The number of pyridine rings is 1. The Morgan fingerprint density at radius 2 is 1.92 bits per heavy atom. The zero-order chi connectivity index (χ0) is 26.4. The minimum Gasteiger partial charge on any atom is -0.481 e. The third kappa shape index (κ3) is 4.45. The second-order valence-electron chi connectivity index (χ2n) is 9.67. The van der Waals surface area contributed by atoms with E-state index < -0.39 is 5.97 Å². The molecule has 38 heavy (non-hydrogen) atoms. The third-order valence-corrected chi connectivity index (χ3v) is 7.46. The second kappa shape index (κ2) is 9.68. The predicted octanol–water partition coefficient (Wildman–Crippen LogP) is 6.23. The number of aryl methyl sites for hydroxylation is 2. The van der Waals surface area contributed by atoms with Gasteiger partial charge in [0.05, 0.1) is 22.8 Å². The fourth-order valence-electron chi connectivity index (χ4n) is 5.06. The maximum absolute atomic E-state index is 13.8. The lowest BCUT2D eigenvalue weighted by molar-refractivity contribution is -0.137. The number of ether oxygens (including phenoxy) is 1. The number of carbonyl (C=O) groups excluding carboxylic acids is 1. The lowest BCUT2D eigenvalue weighted by Crippen LogP contribution is -2.45. The normalized spacial score (nSPS) is 15.0. The second-order valence-corrected chi connectivity index (χ2v) is 10.1. The molecule has 0 unspecified atom stereocenters. The van der Waals surface area contributed by atoms with Crippen LogP contribution in [0, 0.1) is 6.92 Å². The van der Waals surface area contributed by atoms with Crippen molar-refractivity contribution in [2.24, 2.45) is 0 Å². The van der Waals surface area contributed by atoms with E-state index >= 15 is 0 Å². The number of aliphatic carboxylic acids is 1. The summed E-state index contributed by atoms with van der Waals surface area (Å²) >= 11 is 6.55. The lowest BCUT2D eigenvalue weighted by atomic mass is 10.1. The summed E-state index contributed by atoms with van der Waals surface area (Å²) in [6, 6.07) is 13.6. The van der Waals surface area contributed by atoms with Crippen LogP contribution in [-0.4, -0.2) is 41.1 Å². The topological polar surface area (TPSA) is 96.1 Å². The Morgan fingerprint density at radius 1 is 1.13 bits per heavy atom. The maximum Gasteiger partial charge on any atom is 0.303 e. The van der Waals surface area contributed by atoms with Crippen molar-refractivity contribution < 1.29 is 23.8 Å². The van der Waals surface area contributed by atoms with Crippen molar-refractivity contribution in [2.75, 3.05) is 22.9 Å². The number of fused-ring (bicyclic) bond motifs is 2. The molecule has 0 saturated heterocycles. The van der Waals surface area contributed by atoms with Crippen LogP contribution in [0.4, 0.5) is 11.4 Å². The number of amides is 1. The molecule has 0 spiro atoms. The van der Waals surface area contributed by atoms with Crippen molar-refractivity contribution in [1.29, 1.82) is 0 Å². The van der Waals surface area contributed by atoms with E-state index in [-0.39, 0.29) is 18.7 Å². The molecule has 1 saturated carbocycles. The molecule has 8 nitrogen and oxygen atoms in total. The average Bonchev–Trinajstić information content (AvgIpc) is 3.72. The molecule has 3 heterocycles. The van der Waals surface area contributed by atoms with Gasteiger partial charge in [-0.3, -0.25) is 14.6 Å². The summed E-state index contributed by atoms with van der Waals surface area (Å²) in [5.74, 6) is 0.231. The Morgan fingerprint density at radius 3 is 2.68 bits per heavy atom. The van der Waals surface area contributed by atoms with Gasteiger partial charge < -0.3 is 24.1 Å². The molecule has 0 bridgehead atoms. The molecule has 1 N–H and O–H groups in total. The van der Waals surface area contributed by atoms with Crippen LogP contribution in [0.2, 0.25) is 5.02 Å². The van der Waals surface area contributed by atoms with Crippen molar-refractivity contribution in [3.8, 4) is 11.5 Å². The Labute approximate surface area is 224 Å². The number of aromatic nitrogens is 1. The molecule has 1 aliphatic carbocycles. The number of carboxylic acid groups (broad SMARTS) is 1. The molecule has 1 amide bonds. The van der Waals surface area contributed by atoms with Crippen molar-refractivity contribution >= 4 is 45.8 Å². The van der Waals surface area contributed by atoms with Gasteiger partial charge in [0, 0.05) is 49.4 Å². The first-order chi connectivity index (χ1) is 18.4. The Kier molecular flexibility index (Phi) is 6.19. The van der Waals surface area contributed by atoms with Crippen LogP contribution in [0.15, 0.2) is 59.3 Å². The summed E-state index contributed by atoms with van der Waals surface area (Å²) in [4.78, 5) is 33.2. The molecule has 6 rings (SSSR count). The molecule has 0 atom stereocenters. The van der Waals surface area contributed by atoms with Gasteiger partial charge in [-0.05, 0) is 49.6 Å². The maximum atomic E-state index is 13.8. The molecule has 2 aromatic heterocycles. The summed E-state index contributed by atoms with van der Waals surface area (Å²) in [5.41, 5.74) is 3.68. The molecule has 2 aliphatic rings. The smallest absolute Gasteiger partial charge is 0.303 e. The predicted molar refractivity (Wildman–Crippen MR) is 145 cm³/mol. The standard InChI is InChI=1S/C29H26ClN3O5/c1-17-19-14-27(21(30)15-26(19)37-24(17)8-9-28(34)35)38-25-10-11-31-16-20(25)29(36)33-13-12-32(18-6-7-18)22-4-2-3-5-23(22)33/h2-5,10-11,14-16,18H,6-9,12-13H2,1H3,(H,34,35). The number of rotatable bonds is 7. The number of halogens is 1. The monoisotopic (exact) mass is 531 g/mol. The van der Waals surface area contributed by atoms with E-state index in [0.717, 1.165) is 28.9 Å². The molecule has 1 fully saturated rings. The van der Waals surface area contributed by atoms with Gasteiger partial charge in [-0.25, -0.2) is 0 Å². The number of furan rings is 1. The summed E-state index contributed by atoms with van der Waals surface area (Å²) in [6.07, 6.45) is 5.72. The molecule has 4 aromatic rings. The Balaban J connectivity index is 1.31. The molecule has 0 radical (unpaired) electrons. The quantitative estimate of drug-likeness (QED) is 0.302. The molecule has 1 aliphatic heterocycles. The lowest BCUT2D eigenvalue weighted by Gasteiger charge is -2.38. The van der Waals surface area contributed by atoms with Gasteiger partial charge >= 0.3 is 5.97 Å². The zero-order valence-corrected chi connectivity index (χ0v) is 21.6. The van der Waals surface area contributed by atoms with Crippen molar-refractivity contribution in [1.82, 2.24) is 4.98 Å². The van der Waals surface area contributed by atoms with Crippen LogP contribution in [0.1, 0.15) is 40.9 Å². The van der Waals surface area contributed by atoms with E-state index in [1.807, 2.05) is 25.1 Å². The molecule has 9 heteroatoms. The van der Waals surface area contributed by atoms with Gasteiger partial charge in [0.25, 0.3) is 5.91 Å². The Bertz CT molecular complexity index is 1560. The number of carboxylic acids is 1. The van der Waals surface area contributed by atoms with E-state index in [1.54, 1.807) is 29.3 Å². The van der Waals surface area contributed by atoms with E-state index in [4.69, 9.17) is 25.9 Å². The van der Waals surface area contributed by atoms with Gasteiger partial charge in [0.1, 0.15) is 28.4 Å². The van der Waals surface area contributed by atoms with Crippen LogP contribution in [0.25, 0.3) is 11.0 Å². The van der Waals surface area contributed by atoms with Crippen LogP contribution in [0.5, 0.6) is 11.5 Å². The van der Waals surface area contributed by atoms with Gasteiger partial charge in [-0.2, -0.15) is 0 Å². The number of anilines is 2. The highest BCUT2D eigenvalue weighted by molar-refractivity contribution is 6.32. The van der Waals surface area contributed by atoms with Gasteiger partial charge in [-0.1, -0.05) is 23.7 Å². The van der Waals surface area contributed by atoms with E-state index in [1.165, 1.54) is 19.0 Å². The van der Waals surface area contributed by atoms with Crippen molar-refractivity contribution in [3.05, 3.63) is 76.8 Å². The van der Waals surface area contributed by atoms with Crippen LogP contribution >= 0.6 is 11.6 Å². The van der Waals surface area contributed by atoms with Gasteiger partial charge in [0.2, 0.25) is 0 Å². The van der Waals surface area contributed by atoms with E-state index in [0.29, 0.717) is 46.0 Å². The number of hydrogen-bond acceptors (Lipinski definition) is 6. The summed E-state index contributed by atoms with van der Waals surface area (Å²) < 4.78 is 12.1. The first-order valence-electron chi connectivity index (χ1n) is 12.6. The zero-order valence-electron chi connectivity index (χ0n) is 20.8. The number of benzene rings is 2. The molecular formula is C29H26ClN3O5. The van der Waals surface area contributed by atoms with Crippen molar-refractivity contribution in [3.63, 3.8) is 0 Å². The summed E-state index contributed by atoms with van der Waals surface area (Å²) in [5, 5.41) is 10.1. The number of nitrogens with zero attached hydrogens (tertiary/aromatic N) is 3. The fraction of sp³-hybridized carbons (Fsp3) is 0.276. The summed E-state index contributed by atoms with van der Waals surface area (Å²) in [6.45, 7) is 3.22. The fourth-order valence-corrected chi connectivity index (χ4v) is 5.26. The number of para-hydroxylation sites is 2. The average molecular weight is 532 g/mol. The van der Waals surface area contributed by atoms with Crippen LogP contribution < -0.4 is 14.5 Å².